The Morgan fingerprint density at radius 2 is 2.00 bits per heavy atom. The molecule has 1 aliphatic rings. The van der Waals surface area contributed by atoms with E-state index >= 15 is 0 Å². The summed E-state index contributed by atoms with van der Waals surface area (Å²) in [5, 5.41) is 12.7. The van der Waals surface area contributed by atoms with Crippen molar-refractivity contribution < 1.29 is 5.11 Å². The van der Waals surface area contributed by atoms with Gasteiger partial charge in [-0.3, -0.25) is 0 Å². The van der Waals surface area contributed by atoms with Crippen LogP contribution in [0, 0.1) is 11.8 Å². The van der Waals surface area contributed by atoms with Gasteiger partial charge >= 0.3 is 0 Å². The Morgan fingerprint density at radius 1 is 1.31 bits per heavy atom. The lowest BCUT2D eigenvalue weighted by molar-refractivity contribution is 0.235. The van der Waals surface area contributed by atoms with Crippen LogP contribution in [0.2, 0.25) is 0 Å². The highest BCUT2D eigenvalue weighted by atomic mass is 32.2. The van der Waals surface area contributed by atoms with E-state index in [1.807, 2.05) is 0 Å². The Kier molecular flexibility index (Phi) is 7.50. The Bertz CT molecular complexity index is 169. The van der Waals surface area contributed by atoms with Gasteiger partial charge in [-0.25, -0.2) is 0 Å². The molecule has 0 aliphatic carbocycles. The summed E-state index contributed by atoms with van der Waals surface area (Å²) in [5.74, 6) is 4.01. The molecule has 96 valence electrons. The van der Waals surface area contributed by atoms with Gasteiger partial charge in [0.2, 0.25) is 0 Å². The normalized spacial score (nSPS) is 20.2. The summed E-state index contributed by atoms with van der Waals surface area (Å²) in [6.07, 6.45) is 4.82. The minimum atomic E-state index is 0.333. The quantitative estimate of drug-likeness (QED) is 0.723. The lowest BCUT2D eigenvalue weighted by Gasteiger charge is -2.26. The van der Waals surface area contributed by atoms with Gasteiger partial charge < -0.3 is 10.4 Å². The van der Waals surface area contributed by atoms with Gasteiger partial charge in [-0.2, -0.15) is 11.8 Å². The average molecular weight is 245 g/mol. The van der Waals surface area contributed by atoms with Crippen molar-refractivity contribution in [1.29, 1.82) is 0 Å². The number of hydrogen-bond acceptors (Lipinski definition) is 3. The summed E-state index contributed by atoms with van der Waals surface area (Å²) in [6, 6.07) is 0.731. The summed E-state index contributed by atoms with van der Waals surface area (Å²) in [5.41, 5.74) is 0. The van der Waals surface area contributed by atoms with Crippen LogP contribution in [0.15, 0.2) is 0 Å². The van der Waals surface area contributed by atoms with Gasteiger partial charge in [0.05, 0.1) is 0 Å². The molecule has 2 N–H and O–H groups in total. The van der Waals surface area contributed by atoms with Crippen LogP contribution in [0.5, 0.6) is 0 Å². The van der Waals surface area contributed by atoms with E-state index in [1.165, 1.54) is 30.8 Å². The van der Waals surface area contributed by atoms with Crippen LogP contribution in [-0.2, 0) is 0 Å². The number of hydrogen-bond donors (Lipinski definition) is 2. The smallest absolute Gasteiger partial charge is 0.0434 e. The molecule has 0 spiro atoms. The van der Waals surface area contributed by atoms with Crippen LogP contribution in [0.4, 0.5) is 0 Å². The second-order valence-electron chi connectivity index (χ2n) is 5.30. The lowest BCUT2D eigenvalue weighted by Crippen LogP contribution is -2.36. The van der Waals surface area contributed by atoms with Gasteiger partial charge in [-0.1, -0.05) is 13.8 Å². The molecule has 0 saturated carbocycles. The first-order valence-electron chi connectivity index (χ1n) is 6.64. The van der Waals surface area contributed by atoms with E-state index in [4.69, 9.17) is 5.11 Å². The lowest BCUT2D eigenvalue weighted by atomic mass is 9.94. The Morgan fingerprint density at radius 3 is 2.56 bits per heavy atom. The summed E-state index contributed by atoms with van der Waals surface area (Å²) in [4.78, 5) is 0. The van der Waals surface area contributed by atoms with Crippen LogP contribution in [0.1, 0.15) is 39.5 Å². The van der Waals surface area contributed by atoms with Gasteiger partial charge in [0.15, 0.2) is 0 Å². The van der Waals surface area contributed by atoms with Gasteiger partial charge in [-0.05, 0) is 55.6 Å². The Hall–Kier alpha value is 0.270. The molecule has 0 aromatic rings. The van der Waals surface area contributed by atoms with Crippen molar-refractivity contribution in [3.8, 4) is 0 Å². The van der Waals surface area contributed by atoms with Gasteiger partial charge in [0.1, 0.15) is 0 Å². The summed E-state index contributed by atoms with van der Waals surface area (Å²) in [6.45, 7) is 5.96. The van der Waals surface area contributed by atoms with Crippen LogP contribution >= 0.6 is 11.8 Å². The number of nitrogens with one attached hydrogen (secondary N) is 1. The molecular formula is C13H27NOS. The summed E-state index contributed by atoms with van der Waals surface area (Å²) < 4.78 is 0. The molecule has 1 atom stereocenters. The highest BCUT2D eigenvalue weighted by Gasteiger charge is 2.16. The molecule has 16 heavy (non-hydrogen) atoms. The van der Waals surface area contributed by atoms with Crippen molar-refractivity contribution in [1.82, 2.24) is 5.32 Å². The Labute approximate surface area is 105 Å². The standard InChI is InChI=1S/C13H27NOS/c1-11(2)9-12(3-6-15)10-14-13-4-7-16-8-5-13/h11-15H,3-10H2,1-2H3. The molecular weight excluding hydrogens is 218 g/mol. The van der Waals surface area contributed by atoms with Crippen molar-refractivity contribution in [3.63, 3.8) is 0 Å². The molecule has 0 aromatic heterocycles. The molecule has 1 saturated heterocycles. The fourth-order valence-corrected chi connectivity index (χ4v) is 3.49. The van der Waals surface area contributed by atoms with Gasteiger partial charge in [0, 0.05) is 12.6 Å². The number of thioether (sulfide) groups is 1. The zero-order chi connectivity index (χ0) is 11.8. The van der Waals surface area contributed by atoms with Crippen LogP contribution in [0.25, 0.3) is 0 Å². The predicted octanol–water partition coefficient (Wildman–Crippen LogP) is 2.52. The number of aliphatic hydroxyl groups is 1. The fraction of sp³-hybridized carbons (Fsp3) is 1.00. The molecule has 1 aliphatic heterocycles. The van der Waals surface area contributed by atoms with E-state index in [9.17, 15) is 0 Å². The van der Waals surface area contributed by atoms with Crippen molar-refractivity contribution >= 4 is 11.8 Å². The predicted molar refractivity (Wildman–Crippen MR) is 73.0 cm³/mol. The third-order valence-corrected chi connectivity index (χ3v) is 4.31. The Balaban J connectivity index is 2.19. The van der Waals surface area contributed by atoms with Crippen molar-refractivity contribution in [2.24, 2.45) is 11.8 Å². The number of aliphatic hydroxyl groups excluding tert-OH is 1. The topological polar surface area (TPSA) is 32.3 Å². The van der Waals surface area contributed by atoms with E-state index in [0.717, 1.165) is 24.9 Å². The van der Waals surface area contributed by atoms with E-state index in [2.05, 4.69) is 30.9 Å². The van der Waals surface area contributed by atoms with Gasteiger partial charge in [-0.15, -0.1) is 0 Å². The molecule has 0 aromatic carbocycles. The second kappa shape index (κ2) is 8.37. The summed E-state index contributed by atoms with van der Waals surface area (Å²) in [7, 11) is 0. The first kappa shape index (κ1) is 14.3. The zero-order valence-electron chi connectivity index (χ0n) is 10.7. The largest absolute Gasteiger partial charge is 0.396 e. The third-order valence-electron chi connectivity index (χ3n) is 3.26. The molecule has 1 heterocycles. The molecule has 1 rings (SSSR count). The zero-order valence-corrected chi connectivity index (χ0v) is 11.6. The molecule has 1 fully saturated rings. The van der Waals surface area contributed by atoms with Gasteiger partial charge in [0.25, 0.3) is 0 Å². The molecule has 3 heteroatoms. The van der Waals surface area contributed by atoms with E-state index < -0.39 is 0 Å². The highest BCUT2D eigenvalue weighted by Crippen LogP contribution is 2.19. The maximum atomic E-state index is 9.06. The summed E-state index contributed by atoms with van der Waals surface area (Å²) >= 11 is 2.07. The minimum Gasteiger partial charge on any atom is -0.396 e. The van der Waals surface area contributed by atoms with E-state index in [-0.39, 0.29) is 0 Å². The third kappa shape index (κ3) is 6.12. The first-order valence-corrected chi connectivity index (χ1v) is 7.79. The highest BCUT2D eigenvalue weighted by molar-refractivity contribution is 7.99. The molecule has 0 bridgehead atoms. The van der Waals surface area contributed by atoms with Crippen LogP contribution in [-0.4, -0.2) is 35.8 Å². The van der Waals surface area contributed by atoms with E-state index in [1.54, 1.807) is 0 Å². The fourth-order valence-electron chi connectivity index (χ4n) is 2.39. The first-order chi connectivity index (χ1) is 7.72. The van der Waals surface area contributed by atoms with E-state index in [0.29, 0.717) is 12.5 Å². The molecule has 0 amide bonds. The molecule has 1 unspecified atom stereocenters. The molecule has 0 radical (unpaired) electrons. The number of rotatable bonds is 7. The van der Waals surface area contributed by atoms with Crippen LogP contribution < -0.4 is 5.32 Å². The monoisotopic (exact) mass is 245 g/mol. The average Bonchev–Trinajstić information content (AvgIpc) is 2.27. The van der Waals surface area contributed by atoms with Crippen molar-refractivity contribution in [2.45, 2.75) is 45.6 Å². The maximum absolute atomic E-state index is 9.06. The maximum Gasteiger partial charge on any atom is 0.0434 e. The SMILES string of the molecule is CC(C)CC(CCO)CNC1CCSCC1. The minimum absolute atomic E-state index is 0.333. The second-order valence-corrected chi connectivity index (χ2v) is 6.53. The van der Waals surface area contributed by atoms with Crippen LogP contribution in [0.3, 0.4) is 0 Å². The molecule has 2 nitrogen and oxygen atoms in total. The van der Waals surface area contributed by atoms with Crippen molar-refractivity contribution in [2.75, 3.05) is 24.7 Å². The van der Waals surface area contributed by atoms with Crippen molar-refractivity contribution in [3.05, 3.63) is 0 Å².